The minimum absolute atomic E-state index is 0.209. The van der Waals surface area contributed by atoms with Gasteiger partial charge in [0.05, 0.1) is 0 Å². The molecule has 28 heavy (non-hydrogen) atoms. The molecular weight excluding hydrogens is 352 g/mol. The first kappa shape index (κ1) is 19.9. The highest BCUT2D eigenvalue weighted by molar-refractivity contribution is 5.89. The summed E-state index contributed by atoms with van der Waals surface area (Å²) in [4.78, 5) is 23.3. The van der Waals surface area contributed by atoms with Crippen molar-refractivity contribution in [3.05, 3.63) is 41.7 Å². The van der Waals surface area contributed by atoms with Crippen molar-refractivity contribution >= 4 is 23.4 Å². The van der Waals surface area contributed by atoms with E-state index in [9.17, 15) is 4.79 Å². The lowest BCUT2D eigenvalue weighted by molar-refractivity contribution is 0.252. The number of carbonyl (C=O) groups is 1. The van der Waals surface area contributed by atoms with Gasteiger partial charge in [0.25, 0.3) is 0 Å². The van der Waals surface area contributed by atoms with Crippen molar-refractivity contribution < 1.29 is 4.79 Å². The Kier molecular flexibility index (Phi) is 7.06. The summed E-state index contributed by atoms with van der Waals surface area (Å²) < 4.78 is 0. The summed E-state index contributed by atoms with van der Waals surface area (Å²) in [5.74, 6) is 2.54. The molecule has 150 valence electrons. The van der Waals surface area contributed by atoms with Gasteiger partial charge in [0.1, 0.15) is 17.5 Å². The van der Waals surface area contributed by atoms with Gasteiger partial charge in [-0.15, -0.1) is 0 Å². The van der Waals surface area contributed by atoms with E-state index in [0.717, 1.165) is 42.7 Å². The maximum absolute atomic E-state index is 12.0. The maximum atomic E-state index is 12.0. The van der Waals surface area contributed by atoms with E-state index in [4.69, 9.17) is 0 Å². The van der Waals surface area contributed by atoms with E-state index in [1.807, 2.05) is 37.3 Å². The Hall–Kier alpha value is -2.83. The van der Waals surface area contributed by atoms with Crippen LogP contribution >= 0.6 is 0 Å². The van der Waals surface area contributed by atoms with Crippen molar-refractivity contribution in [3.8, 4) is 0 Å². The fourth-order valence-corrected chi connectivity index (χ4v) is 3.29. The zero-order chi connectivity index (χ0) is 19.8. The van der Waals surface area contributed by atoms with Gasteiger partial charge >= 0.3 is 6.03 Å². The van der Waals surface area contributed by atoms with E-state index in [1.54, 1.807) is 0 Å². The highest BCUT2D eigenvalue weighted by Gasteiger charge is 2.13. The fraction of sp³-hybridized carbons (Fsp3) is 0.476. The number of carbonyl (C=O) groups excluding carboxylic acids is 1. The molecule has 7 heteroatoms. The second-order valence-corrected chi connectivity index (χ2v) is 7.06. The summed E-state index contributed by atoms with van der Waals surface area (Å²) in [6.07, 6.45) is 4.71. The van der Waals surface area contributed by atoms with E-state index < -0.39 is 0 Å². The van der Waals surface area contributed by atoms with Crippen LogP contribution in [0.1, 0.15) is 37.6 Å². The maximum Gasteiger partial charge on any atom is 0.319 e. The van der Waals surface area contributed by atoms with E-state index in [0.29, 0.717) is 13.1 Å². The molecule has 2 heterocycles. The number of aryl methyl sites for hydroxylation is 2. The number of rotatable bonds is 7. The Morgan fingerprint density at radius 3 is 2.54 bits per heavy atom. The van der Waals surface area contributed by atoms with Crippen LogP contribution in [0.15, 0.2) is 30.3 Å². The number of anilines is 3. The SMILES string of the molecule is CCc1ccc(NC(=O)NCCNc2cc(N3CCCCC3)nc(C)n2)cc1. The average Bonchev–Trinajstić information content (AvgIpc) is 2.72. The highest BCUT2D eigenvalue weighted by atomic mass is 16.2. The lowest BCUT2D eigenvalue weighted by Crippen LogP contribution is -2.33. The summed E-state index contributed by atoms with van der Waals surface area (Å²) in [7, 11) is 0. The standard InChI is InChI=1S/C21H30N6O/c1-3-17-7-9-18(10-8-17)26-21(28)23-12-11-22-19-15-20(25-16(2)24-19)27-13-5-4-6-14-27/h7-10,15H,3-6,11-14H2,1-2H3,(H,22,24,25)(H2,23,26,28). The smallest absolute Gasteiger partial charge is 0.319 e. The molecule has 2 amide bonds. The quantitative estimate of drug-likeness (QED) is 0.638. The van der Waals surface area contributed by atoms with Crippen LogP contribution in [0.2, 0.25) is 0 Å². The third-order valence-electron chi connectivity index (χ3n) is 4.84. The molecule has 7 nitrogen and oxygen atoms in total. The van der Waals surface area contributed by atoms with Gasteiger partial charge < -0.3 is 20.9 Å². The van der Waals surface area contributed by atoms with E-state index in [1.165, 1.54) is 24.8 Å². The molecule has 0 unspecified atom stereocenters. The molecule has 1 saturated heterocycles. The van der Waals surface area contributed by atoms with Crippen LogP contribution in [0.25, 0.3) is 0 Å². The molecule has 0 radical (unpaired) electrons. The molecule has 1 fully saturated rings. The first-order valence-corrected chi connectivity index (χ1v) is 10.1. The van der Waals surface area contributed by atoms with Crippen LogP contribution in [-0.2, 0) is 6.42 Å². The second kappa shape index (κ2) is 9.92. The van der Waals surface area contributed by atoms with Gasteiger partial charge in [0.2, 0.25) is 0 Å². The van der Waals surface area contributed by atoms with Crippen molar-refractivity contribution in [1.29, 1.82) is 0 Å². The number of nitrogens with zero attached hydrogens (tertiary/aromatic N) is 3. The monoisotopic (exact) mass is 382 g/mol. The molecule has 0 aliphatic carbocycles. The zero-order valence-corrected chi connectivity index (χ0v) is 16.8. The first-order chi connectivity index (χ1) is 13.6. The van der Waals surface area contributed by atoms with Crippen molar-refractivity contribution in [2.24, 2.45) is 0 Å². The topological polar surface area (TPSA) is 82.2 Å². The molecule has 1 aromatic heterocycles. The number of benzene rings is 1. The van der Waals surface area contributed by atoms with Crippen LogP contribution < -0.4 is 20.9 Å². The third kappa shape index (κ3) is 5.84. The predicted octanol–water partition coefficient (Wildman–Crippen LogP) is 3.57. The van der Waals surface area contributed by atoms with Crippen molar-refractivity contribution in [1.82, 2.24) is 15.3 Å². The summed E-state index contributed by atoms with van der Waals surface area (Å²) in [5, 5.41) is 8.98. The fourth-order valence-electron chi connectivity index (χ4n) is 3.29. The van der Waals surface area contributed by atoms with Crippen LogP contribution in [0.4, 0.5) is 22.1 Å². The van der Waals surface area contributed by atoms with Crippen LogP contribution in [0.5, 0.6) is 0 Å². The molecule has 1 aromatic carbocycles. The molecule has 1 aliphatic rings. The summed E-state index contributed by atoms with van der Waals surface area (Å²) >= 11 is 0. The minimum atomic E-state index is -0.209. The van der Waals surface area contributed by atoms with Crippen LogP contribution in [0.3, 0.4) is 0 Å². The number of piperidine rings is 1. The Morgan fingerprint density at radius 2 is 1.82 bits per heavy atom. The molecule has 0 spiro atoms. The zero-order valence-electron chi connectivity index (χ0n) is 16.8. The Balaban J connectivity index is 1.44. The largest absolute Gasteiger partial charge is 0.368 e. The summed E-state index contributed by atoms with van der Waals surface area (Å²) in [5.41, 5.74) is 2.04. The molecule has 1 aliphatic heterocycles. The van der Waals surface area contributed by atoms with Crippen molar-refractivity contribution in [2.75, 3.05) is 41.7 Å². The van der Waals surface area contributed by atoms with E-state index in [-0.39, 0.29) is 6.03 Å². The molecule has 2 aromatic rings. The molecule has 3 N–H and O–H groups in total. The van der Waals surface area contributed by atoms with Gasteiger partial charge in [-0.25, -0.2) is 14.8 Å². The Labute approximate surface area is 167 Å². The van der Waals surface area contributed by atoms with Gasteiger partial charge in [-0.2, -0.15) is 0 Å². The molecule has 0 atom stereocenters. The van der Waals surface area contributed by atoms with E-state index >= 15 is 0 Å². The number of urea groups is 1. The van der Waals surface area contributed by atoms with Crippen LogP contribution in [-0.4, -0.2) is 42.2 Å². The molecule has 0 bridgehead atoms. The number of amides is 2. The van der Waals surface area contributed by atoms with Gasteiger partial charge in [-0.3, -0.25) is 0 Å². The van der Waals surface area contributed by atoms with Gasteiger partial charge in [0, 0.05) is 37.9 Å². The lowest BCUT2D eigenvalue weighted by Gasteiger charge is -2.28. The number of hydrogen-bond donors (Lipinski definition) is 3. The molecular formula is C21H30N6O. The summed E-state index contributed by atoms with van der Waals surface area (Å²) in [6.45, 7) is 7.22. The van der Waals surface area contributed by atoms with E-state index in [2.05, 4.69) is 37.7 Å². The average molecular weight is 383 g/mol. The number of aromatic nitrogens is 2. The summed E-state index contributed by atoms with van der Waals surface area (Å²) in [6, 6.07) is 9.67. The first-order valence-electron chi connectivity index (χ1n) is 10.1. The normalized spacial score (nSPS) is 13.9. The molecule has 0 saturated carbocycles. The second-order valence-electron chi connectivity index (χ2n) is 7.06. The van der Waals surface area contributed by atoms with Crippen molar-refractivity contribution in [2.45, 2.75) is 39.5 Å². The molecule has 3 rings (SSSR count). The van der Waals surface area contributed by atoms with Crippen molar-refractivity contribution in [3.63, 3.8) is 0 Å². The Bertz CT molecular complexity index is 771. The third-order valence-corrected chi connectivity index (χ3v) is 4.84. The minimum Gasteiger partial charge on any atom is -0.368 e. The Morgan fingerprint density at radius 1 is 1.07 bits per heavy atom. The van der Waals surface area contributed by atoms with Gasteiger partial charge in [-0.05, 0) is 50.3 Å². The lowest BCUT2D eigenvalue weighted by atomic mass is 10.1. The van der Waals surface area contributed by atoms with Crippen LogP contribution in [0, 0.1) is 6.92 Å². The number of hydrogen-bond acceptors (Lipinski definition) is 5. The van der Waals surface area contributed by atoms with Gasteiger partial charge in [-0.1, -0.05) is 19.1 Å². The van der Waals surface area contributed by atoms with Gasteiger partial charge in [0.15, 0.2) is 0 Å². The highest BCUT2D eigenvalue weighted by Crippen LogP contribution is 2.20. The number of nitrogens with one attached hydrogen (secondary N) is 3. The predicted molar refractivity (Wildman–Crippen MR) is 114 cm³/mol.